The van der Waals surface area contributed by atoms with Crippen molar-refractivity contribution in [2.75, 3.05) is 130 Å². The van der Waals surface area contributed by atoms with Gasteiger partial charge in [0.1, 0.15) is 43.2 Å². The van der Waals surface area contributed by atoms with Gasteiger partial charge in [0.05, 0.1) is 122 Å². The molecule has 24 N–H and O–H groups in total. The molecule has 0 aliphatic carbocycles. The Kier molecular flexibility index (Phi) is 54.8. The predicted molar refractivity (Wildman–Crippen MR) is 456 cm³/mol. The number of aliphatic imine (C=N–C) groups is 1. The second kappa shape index (κ2) is 64.2. The molecule has 1 aliphatic heterocycles. The number of guanidine groups is 1. The maximum absolute atomic E-state index is 14.3. The number of hydrazine groups is 1. The van der Waals surface area contributed by atoms with Gasteiger partial charge < -0.3 is 125 Å². The lowest BCUT2D eigenvalue weighted by Gasteiger charge is -2.27. The highest BCUT2D eigenvalue weighted by Crippen LogP contribution is 2.13. The number of rotatable bonds is 63. The van der Waals surface area contributed by atoms with Crippen molar-refractivity contribution >= 4 is 118 Å². The first-order valence-corrected chi connectivity index (χ1v) is 42.7. The minimum atomic E-state index is -1.66. The number of unbranched alkanes of at least 4 members (excludes halogenated alkanes) is 2. The summed E-state index contributed by atoms with van der Waals surface area (Å²) in [6.07, 6.45) is 2.53. The highest BCUT2D eigenvalue weighted by molar-refractivity contribution is 14.1. The summed E-state index contributed by atoms with van der Waals surface area (Å²) in [5.41, 5.74) is 22.0. The van der Waals surface area contributed by atoms with Gasteiger partial charge in [0, 0.05) is 64.7 Å². The van der Waals surface area contributed by atoms with Crippen LogP contribution in [0, 0.1) is 0 Å². The Labute approximate surface area is 732 Å². The lowest BCUT2D eigenvalue weighted by atomic mass is 10.0. The van der Waals surface area contributed by atoms with Crippen molar-refractivity contribution in [2.24, 2.45) is 28.0 Å². The van der Waals surface area contributed by atoms with Gasteiger partial charge in [-0.1, -0.05) is 88.5 Å². The molecular formula is C78H124IN23O22. The number of carbonyl (C=O) groups excluding carboxylic acids is 13. The number of hydrogen-bond donors (Lipinski definition) is 20. The molecule has 12 amide bonds. The summed E-state index contributed by atoms with van der Waals surface area (Å²) in [5.74, 6) is -5.62. The fourth-order valence-electron chi connectivity index (χ4n) is 12.0. The molecule has 1 aromatic heterocycles. The summed E-state index contributed by atoms with van der Waals surface area (Å²) in [6.45, 7) is 0.834. The second-order valence-electron chi connectivity index (χ2n) is 28.6. The molecule has 0 unspecified atom stereocenters. The molecule has 8 atom stereocenters. The van der Waals surface area contributed by atoms with E-state index in [1.54, 1.807) is 66.9 Å². The van der Waals surface area contributed by atoms with Gasteiger partial charge in [-0.25, -0.2) is 10.1 Å². The monoisotopic (exact) mass is 1860 g/mol. The van der Waals surface area contributed by atoms with Crippen molar-refractivity contribution in [3.8, 4) is 0 Å². The highest BCUT2D eigenvalue weighted by Gasteiger charge is 2.33. The van der Waals surface area contributed by atoms with Gasteiger partial charge in [0.15, 0.2) is 5.96 Å². The van der Waals surface area contributed by atoms with Gasteiger partial charge in [-0.05, 0) is 106 Å². The molecule has 46 heteroatoms. The van der Waals surface area contributed by atoms with Crippen LogP contribution in [0.4, 0.5) is 0 Å². The Bertz CT molecular complexity index is 3780. The summed E-state index contributed by atoms with van der Waals surface area (Å²) in [4.78, 5) is 202. The molecule has 690 valence electrons. The van der Waals surface area contributed by atoms with E-state index in [-0.39, 0.29) is 194 Å². The molecule has 0 radical (unpaired) electrons. The van der Waals surface area contributed by atoms with Crippen LogP contribution in [0.2, 0.25) is 0 Å². The van der Waals surface area contributed by atoms with Crippen molar-refractivity contribution in [1.82, 2.24) is 94.4 Å². The Morgan fingerprint density at radius 2 is 1.25 bits per heavy atom. The van der Waals surface area contributed by atoms with Crippen LogP contribution in [-0.2, 0) is 121 Å². The van der Waals surface area contributed by atoms with E-state index in [0.717, 1.165) is 28.5 Å². The number of carboxylic acid groups (broad SMARTS) is 2. The molecule has 1 fully saturated rings. The third-order valence-corrected chi connectivity index (χ3v) is 19.2. The van der Waals surface area contributed by atoms with Crippen LogP contribution >= 0.6 is 22.6 Å². The first kappa shape index (κ1) is 106. The maximum Gasteiger partial charge on any atom is 0.305 e. The van der Waals surface area contributed by atoms with E-state index >= 15 is 0 Å². The minimum absolute atomic E-state index is 0.0167. The average molecular weight is 1860 g/mol. The number of nitrogens with two attached hydrogens (primary N) is 4. The summed E-state index contributed by atoms with van der Waals surface area (Å²) in [6, 6.07) is 8.48. The number of aldehydes is 1. The fraction of sp³-hybridized carbons (Fsp3) is 0.615. The van der Waals surface area contributed by atoms with Gasteiger partial charge in [-0.2, -0.15) is 0 Å². The normalized spacial score (nSPS) is 16.1. The summed E-state index contributed by atoms with van der Waals surface area (Å²) in [7, 11) is 0. The van der Waals surface area contributed by atoms with Crippen molar-refractivity contribution in [3.63, 3.8) is 0 Å². The highest BCUT2D eigenvalue weighted by atomic mass is 127. The number of aromatic nitrogens is 3. The van der Waals surface area contributed by atoms with Crippen LogP contribution in [-0.4, -0.2) is 303 Å². The SMILES string of the molecule is NNCNCCC[C@H](NC(=O)[C@H](CCCCNC(=O)CCN(CCC(=O)NCCCC[C@@H]1NC(=O)[C@@H](Cc2ccccc2)NC(=O)[C@H](CC(=O)O)NC(=O)CNC(=O)[C@H](CCCN=C(N)N)NCO1)C(=O)CCOCCOCCOCCOCCNC(=O)Cn1cc(CCCI)nn1)NC(=O)[C@H](N)Cc1ccccc1)C(=O)NCC(=O)N[C@H](C=O)CC(=O)O. The molecule has 0 saturated carbocycles. The number of halogens is 1. The van der Waals surface area contributed by atoms with Crippen molar-refractivity contribution < 1.29 is 106 Å². The number of hydrogen-bond acceptors (Lipinski definition) is 28. The molecule has 1 aliphatic rings. The number of nitrogens with one attached hydrogen (secondary N) is 14. The van der Waals surface area contributed by atoms with Crippen LogP contribution in [0.3, 0.4) is 0 Å². The zero-order valence-corrected chi connectivity index (χ0v) is 72.0. The number of amides is 12. The maximum atomic E-state index is 14.3. The molecule has 4 rings (SSSR count). The molecule has 45 nitrogen and oxygen atoms in total. The largest absolute Gasteiger partial charge is 0.481 e. The minimum Gasteiger partial charge on any atom is -0.481 e. The van der Waals surface area contributed by atoms with E-state index in [1.165, 1.54) is 9.58 Å². The Hall–Kier alpha value is -10.6. The van der Waals surface area contributed by atoms with Crippen molar-refractivity contribution in [2.45, 2.75) is 177 Å². The topological polar surface area (TPSA) is 661 Å². The van der Waals surface area contributed by atoms with E-state index in [0.29, 0.717) is 44.3 Å². The Morgan fingerprint density at radius 1 is 0.637 bits per heavy atom. The Morgan fingerprint density at radius 3 is 1.89 bits per heavy atom. The fourth-order valence-corrected chi connectivity index (χ4v) is 12.4. The third kappa shape index (κ3) is 49.1. The standard InChI is InChI=1S/C78H124IN23O22/c79-26-11-18-55-48-102(100-99-55)49-67(108)87-31-35-121-37-39-123-41-40-122-38-36-120-34-25-69(109)101(32-23-63(104)85-28-9-7-19-60(95-72(114)57(80)42-53-14-3-1-4-15-53)75(117)96-59(21-12-27-84-51-92-83)74(116)90-46-65(106)93-56(50-103)44-70(110)111)33-24-64(105)86-29-10-8-22-68-98-77(119)61(43-54-16-5-2-6-17-54)97-76(118)62(45-71(112)113)94-66(107)47-89-73(115)58(91-52-124-68)20-13-30-88-78(81)82/h1-6,14-17,48,50,56-62,68,84,91-92H,7-13,18-47,49,51-52,80,83H2,(H,85,104)(H,86,105)(H,87,108)(H,89,115)(H,90,116)(H,93,106)(H,94,107)(H,95,114)(H,96,117)(H,97,118)(H,98,119)(H,110,111)(H,112,113)(H4,81,82,88)/t56-,57+,58-,59-,60-,61+,62-,68+/m0/s1. The third-order valence-electron chi connectivity index (χ3n) is 18.5. The first-order valence-electron chi connectivity index (χ1n) is 41.2. The lowest BCUT2D eigenvalue weighted by Crippen LogP contribution is -2.58. The zero-order valence-electron chi connectivity index (χ0n) is 69.8. The number of ether oxygens (including phenoxy) is 5. The van der Waals surface area contributed by atoms with Gasteiger partial charge >= 0.3 is 11.9 Å². The number of alkyl halides is 1. The molecule has 124 heavy (non-hydrogen) atoms. The molecule has 2 heterocycles. The van der Waals surface area contributed by atoms with Gasteiger partial charge in [0.2, 0.25) is 70.9 Å². The van der Waals surface area contributed by atoms with E-state index in [9.17, 15) is 77.0 Å². The molecule has 1 saturated heterocycles. The van der Waals surface area contributed by atoms with Crippen LogP contribution in [0.1, 0.15) is 120 Å². The van der Waals surface area contributed by atoms with Crippen LogP contribution in [0.15, 0.2) is 71.9 Å². The smallest absolute Gasteiger partial charge is 0.305 e. The molecule has 0 bridgehead atoms. The van der Waals surface area contributed by atoms with Gasteiger partial charge in [0.25, 0.3) is 0 Å². The van der Waals surface area contributed by atoms with Gasteiger partial charge in [-0.15, -0.1) is 5.10 Å². The van der Waals surface area contributed by atoms with E-state index in [4.69, 9.17) is 51.8 Å². The molecular weight excluding hydrogens is 1740 g/mol. The first-order chi connectivity index (χ1) is 59.7. The predicted octanol–water partition coefficient (Wildman–Crippen LogP) is -5.75. The number of benzene rings is 2. The average Bonchev–Trinajstić information content (AvgIpc) is 1.07. The zero-order chi connectivity index (χ0) is 90.5. The molecule has 0 spiro atoms. The second-order valence-corrected chi connectivity index (χ2v) is 29.7. The number of aliphatic carboxylic acids is 2. The lowest BCUT2D eigenvalue weighted by molar-refractivity contribution is -0.141. The number of aryl methyl sites for hydroxylation is 1. The summed E-state index contributed by atoms with van der Waals surface area (Å²) < 4.78 is 31.1. The van der Waals surface area contributed by atoms with E-state index in [1.807, 2.05) is 0 Å². The Balaban J connectivity index is 1.41. The van der Waals surface area contributed by atoms with Gasteiger partial charge in [-0.3, -0.25) is 83.3 Å². The molecule has 2 aromatic carbocycles. The van der Waals surface area contributed by atoms with Crippen LogP contribution in [0.25, 0.3) is 0 Å². The summed E-state index contributed by atoms with van der Waals surface area (Å²) in [5, 5.41) is 61.5. The molecule has 3 aromatic rings. The number of carbonyl (C=O) groups is 15. The number of carboxylic acids is 2. The quantitative estimate of drug-likeness (QED) is 0.00288. The van der Waals surface area contributed by atoms with E-state index < -0.39 is 151 Å². The van der Waals surface area contributed by atoms with Crippen molar-refractivity contribution in [3.05, 3.63) is 83.7 Å². The van der Waals surface area contributed by atoms with Crippen LogP contribution in [0.5, 0.6) is 0 Å². The summed E-state index contributed by atoms with van der Waals surface area (Å²) >= 11 is 2.29. The van der Waals surface area contributed by atoms with E-state index in [2.05, 4.69) is 112 Å². The number of nitrogens with zero attached hydrogens (tertiary/aromatic N) is 5. The van der Waals surface area contributed by atoms with Crippen molar-refractivity contribution in [1.29, 1.82) is 0 Å². The van der Waals surface area contributed by atoms with Crippen LogP contribution < -0.4 is 97.6 Å².